The van der Waals surface area contributed by atoms with E-state index in [1.807, 2.05) is 52.1 Å². The van der Waals surface area contributed by atoms with Crippen LogP contribution >= 0.6 is 15.9 Å². The van der Waals surface area contributed by atoms with E-state index in [-0.39, 0.29) is 11.4 Å². The second kappa shape index (κ2) is 5.00. The first-order chi connectivity index (χ1) is 7.38. The highest BCUT2D eigenvalue weighted by Crippen LogP contribution is 2.18. The highest BCUT2D eigenvalue weighted by Gasteiger charge is 2.26. The average molecular weight is 284 g/mol. The fourth-order valence-corrected chi connectivity index (χ4v) is 1.63. The number of nitrogens with zero attached hydrogens (tertiary/aromatic N) is 1. The highest BCUT2D eigenvalue weighted by molar-refractivity contribution is 9.09. The van der Waals surface area contributed by atoms with Crippen LogP contribution in [0, 0.1) is 6.92 Å². The van der Waals surface area contributed by atoms with Crippen molar-refractivity contribution >= 4 is 21.8 Å². The van der Waals surface area contributed by atoms with Crippen LogP contribution in [0.15, 0.2) is 24.3 Å². The molecule has 0 saturated carbocycles. The summed E-state index contributed by atoms with van der Waals surface area (Å²) in [5.41, 5.74) is 1.73. The number of benzene rings is 1. The summed E-state index contributed by atoms with van der Waals surface area (Å²) in [7, 11) is 1.84. The summed E-state index contributed by atoms with van der Waals surface area (Å²) in [6.07, 6.45) is 0. The van der Waals surface area contributed by atoms with Gasteiger partial charge in [0.15, 0.2) is 0 Å². The predicted molar refractivity (Wildman–Crippen MR) is 71.1 cm³/mol. The van der Waals surface area contributed by atoms with E-state index >= 15 is 0 Å². The summed E-state index contributed by atoms with van der Waals surface area (Å²) in [6.45, 7) is 6.09. The largest absolute Gasteiger partial charge is 0.336 e. The maximum atomic E-state index is 12.2. The van der Waals surface area contributed by atoms with Gasteiger partial charge >= 0.3 is 0 Å². The number of rotatable bonds is 3. The Hall–Kier alpha value is -0.830. The van der Waals surface area contributed by atoms with Crippen molar-refractivity contribution in [2.45, 2.75) is 26.3 Å². The zero-order chi connectivity index (χ0) is 12.3. The summed E-state index contributed by atoms with van der Waals surface area (Å²) in [5, 5.41) is 0.758. The second-order valence-corrected chi connectivity index (χ2v) is 5.24. The molecule has 0 bridgehead atoms. The molecule has 88 valence electrons. The third-order valence-corrected chi connectivity index (χ3v) is 4.21. The molecular formula is C13H18BrNO. The summed E-state index contributed by atoms with van der Waals surface area (Å²) >= 11 is 3.43. The van der Waals surface area contributed by atoms with Gasteiger partial charge in [-0.1, -0.05) is 33.6 Å². The van der Waals surface area contributed by atoms with Crippen LogP contribution in [0.1, 0.15) is 29.8 Å². The lowest BCUT2D eigenvalue weighted by Crippen LogP contribution is -2.46. The summed E-state index contributed by atoms with van der Waals surface area (Å²) < 4.78 is 0. The molecule has 0 N–H and O–H groups in total. The van der Waals surface area contributed by atoms with E-state index in [9.17, 15) is 4.79 Å². The van der Waals surface area contributed by atoms with Crippen LogP contribution in [0.4, 0.5) is 0 Å². The smallest absolute Gasteiger partial charge is 0.254 e. The van der Waals surface area contributed by atoms with Crippen molar-refractivity contribution in [3.63, 3.8) is 0 Å². The lowest BCUT2D eigenvalue weighted by atomic mass is 10.0. The number of halogens is 1. The number of aryl methyl sites for hydroxylation is 1. The molecule has 0 fully saturated rings. The zero-order valence-electron chi connectivity index (χ0n) is 10.2. The first kappa shape index (κ1) is 13.2. The molecule has 3 heteroatoms. The molecule has 0 heterocycles. The molecule has 0 unspecified atom stereocenters. The minimum atomic E-state index is -0.179. The van der Waals surface area contributed by atoms with E-state index in [1.54, 1.807) is 4.90 Å². The van der Waals surface area contributed by atoms with Crippen molar-refractivity contribution < 1.29 is 4.79 Å². The molecule has 0 radical (unpaired) electrons. The molecule has 0 saturated heterocycles. The average Bonchev–Trinajstić information content (AvgIpc) is 2.28. The van der Waals surface area contributed by atoms with Crippen LogP contribution in [0.25, 0.3) is 0 Å². The molecule has 0 aliphatic heterocycles. The van der Waals surface area contributed by atoms with Crippen molar-refractivity contribution in [1.82, 2.24) is 4.90 Å². The molecule has 1 aromatic carbocycles. The minimum absolute atomic E-state index is 0.0597. The van der Waals surface area contributed by atoms with Crippen LogP contribution in [0.5, 0.6) is 0 Å². The van der Waals surface area contributed by atoms with Crippen molar-refractivity contribution in [3.8, 4) is 0 Å². The maximum Gasteiger partial charge on any atom is 0.254 e. The molecule has 0 aliphatic carbocycles. The Kier molecular flexibility index (Phi) is 4.14. The van der Waals surface area contributed by atoms with Gasteiger partial charge in [-0.3, -0.25) is 4.79 Å². The molecule has 16 heavy (non-hydrogen) atoms. The molecule has 1 rings (SSSR count). The van der Waals surface area contributed by atoms with E-state index in [2.05, 4.69) is 15.9 Å². The van der Waals surface area contributed by atoms with Gasteiger partial charge in [0.05, 0.1) is 0 Å². The molecule has 2 nitrogen and oxygen atoms in total. The van der Waals surface area contributed by atoms with Gasteiger partial charge in [0, 0.05) is 23.5 Å². The molecule has 0 atom stereocenters. The standard InChI is InChI=1S/C13H18BrNO/c1-10-5-7-11(8-6-10)12(16)15(4)13(2,3)9-14/h5-8H,9H2,1-4H3. The fraction of sp³-hybridized carbons (Fsp3) is 0.462. The van der Waals surface area contributed by atoms with E-state index in [4.69, 9.17) is 0 Å². The first-order valence-corrected chi connectivity index (χ1v) is 6.41. The van der Waals surface area contributed by atoms with Crippen LogP contribution in [-0.2, 0) is 0 Å². The lowest BCUT2D eigenvalue weighted by Gasteiger charge is -2.34. The van der Waals surface area contributed by atoms with Crippen molar-refractivity contribution in [2.24, 2.45) is 0 Å². The summed E-state index contributed by atoms with van der Waals surface area (Å²) in [6, 6.07) is 7.67. The Morgan fingerprint density at radius 1 is 1.31 bits per heavy atom. The number of alkyl halides is 1. The monoisotopic (exact) mass is 283 g/mol. The third kappa shape index (κ3) is 2.85. The van der Waals surface area contributed by atoms with Gasteiger partial charge in [0.2, 0.25) is 0 Å². The Morgan fingerprint density at radius 2 is 1.81 bits per heavy atom. The Labute approximate surface area is 106 Å². The predicted octanol–water partition coefficient (Wildman–Crippen LogP) is 3.24. The van der Waals surface area contributed by atoms with E-state index in [1.165, 1.54) is 5.56 Å². The van der Waals surface area contributed by atoms with E-state index in [0.717, 1.165) is 10.9 Å². The van der Waals surface area contributed by atoms with Crippen molar-refractivity contribution in [1.29, 1.82) is 0 Å². The topological polar surface area (TPSA) is 20.3 Å². The normalized spacial score (nSPS) is 11.3. The van der Waals surface area contributed by atoms with Crippen molar-refractivity contribution in [3.05, 3.63) is 35.4 Å². The first-order valence-electron chi connectivity index (χ1n) is 5.29. The van der Waals surface area contributed by atoms with E-state index < -0.39 is 0 Å². The van der Waals surface area contributed by atoms with E-state index in [0.29, 0.717) is 0 Å². The van der Waals surface area contributed by atoms with Crippen LogP contribution in [0.3, 0.4) is 0 Å². The Balaban J connectivity index is 2.90. The van der Waals surface area contributed by atoms with Gasteiger partial charge in [-0.2, -0.15) is 0 Å². The van der Waals surface area contributed by atoms with Gasteiger partial charge < -0.3 is 4.90 Å². The molecule has 0 spiro atoms. The molecule has 0 aliphatic rings. The fourth-order valence-electron chi connectivity index (χ4n) is 1.25. The Morgan fingerprint density at radius 3 is 2.25 bits per heavy atom. The molecule has 0 aromatic heterocycles. The van der Waals surface area contributed by atoms with Crippen molar-refractivity contribution in [2.75, 3.05) is 12.4 Å². The summed E-state index contributed by atoms with van der Waals surface area (Å²) in [5.74, 6) is 0.0597. The highest BCUT2D eigenvalue weighted by atomic mass is 79.9. The van der Waals surface area contributed by atoms with Gasteiger partial charge in [0.25, 0.3) is 5.91 Å². The molecule has 1 amide bonds. The third-order valence-electron chi connectivity index (χ3n) is 2.84. The number of amides is 1. The maximum absolute atomic E-state index is 12.2. The van der Waals surface area contributed by atoms with Gasteiger partial charge in [-0.25, -0.2) is 0 Å². The minimum Gasteiger partial charge on any atom is -0.336 e. The lowest BCUT2D eigenvalue weighted by molar-refractivity contribution is 0.0663. The molecular weight excluding hydrogens is 266 g/mol. The summed E-state index contributed by atoms with van der Waals surface area (Å²) in [4.78, 5) is 13.9. The number of carbonyl (C=O) groups is 1. The zero-order valence-corrected chi connectivity index (χ0v) is 11.8. The Bertz CT molecular complexity index is 370. The van der Waals surface area contributed by atoms with Gasteiger partial charge in [0.1, 0.15) is 0 Å². The number of hydrogen-bond donors (Lipinski definition) is 0. The second-order valence-electron chi connectivity index (χ2n) is 4.68. The van der Waals surface area contributed by atoms with Crippen LogP contribution < -0.4 is 0 Å². The van der Waals surface area contributed by atoms with Crippen LogP contribution in [0.2, 0.25) is 0 Å². The van der Waals surface area contributed by atoms with Gasteiger partial charge in [-0.15, -0.1) is 0 Å². The molecule has 1 aromatic rings. The quantitative estimate of drug-likeness (QED) is 0.780. The number of carbonyl (C=O) groups excluding carboxylic acids is 1. The van der Waals surface area contributed by atoms with Crippen LogP contribution in [-0.4, -0.2) is 28.7 Å². The SMILES string of the molecule is Cc1ccc(C(=O)N(C)C(C)(C)CBr)cc1. The number of hydrogen-bond acceptors (Lipinski definition) is 1. The van der Waals surface area contributed by atoms with Gasteiger partial charge in [-0.05, 0) is 32.9 Å².